The summed E-state index contributed by atoms with van der Waals surface area (Å²) in [6.07, 6.45) is 3.74. The molecule has 5 heteroatoms. The van der Waals surface area contributed by atoms with E-state index in [1.165, 1.54) is 11.3 Å². The fourth-order valence-corrected chi connectivity index (χ4v) is 2.55. The van der Waals surface area contributed by atoms with Gasteiger partial charge in [0, 0.05) is 50.8 Å². The highest BCUT2D eigenvalue weighted by Gasteiger charge is 2.16. The molecule has 3 rings (SSSR count). The summed E-state index contributed by atoms with van der Waals surface area (Å²) in [5, 5.41) is 0. The SMILES string of the molecule is Cl.Cl.c1ccc(N2CCN(Cc3ccncc3)CC2)cc1. The van der Waals surface area contributed by atoms with Crippen molar-refractivity contribution < 1.29 is 0 Å². The van der Waals surface area contributed by atoms with Crippen molar-refractivity contribution in [2.45, 2.75) is 6.54 Å². The lowest BCUT2D eigenvalue weighted by Gasteiger charge is -2.36. The maximum Gasteiger partial charge on any atom is 0.0367 e. The van der Waals surface area contributed by atoms with Gasteiger partial charge in [0.1, 0.15) is 0 Å². The van der Waals surface area contributed by atoms with Gasteiger partial charge >= 0.3 is 0 Å². The minimum Gasteiger partial charge on any atom is -0.369 e. The molecule has 1 aliphatic rings. The summed E-state index contributed by atoms with van der Waals surface area (Å²) < 4.78 is 0. The smallest absolute Gasteiger partial charge is 0.0367 e. The second-order valence-corrected chi connectivity index (χ2v) is 4.95. The van der Waals surface area contributed by atoms with E-state index >= 15 is 0 Å². The third kappa shape index (κ3) is 4.88. The number of hydrogen-bond acceptors (Lipinski definition) is 3. The molecule has 2 aromatic rings. The van der Waals surface area contributed by atoms with Gasteiger partial charge in [-0.25, -0.2) is 0 Å². The van der Waals surface area contributed by atoms with Gasteiger partial charge in [-0.2, -0.15) is 0 Å². The van der Waals surface area contributed by atoms with Crippen molar-refractivity contribution in [1.82, 2.24) is 9.88 Å². The van der Waals surface area contributed by atoms with Gasteiger partial charge in [-0.3, -0.25) is 9.88 Å². The van der Waals surface area contributed by atoms with E-state index in [4.69, 9.17) is 0 Å². The predicted octanol–water partition coefficient (Wildman–Crippen LogP) is 3.25. The van der Waals surface area contributed by atoms with E-state index in [0.29, 0.717) is 0 Å². The molecule has 114 valence electrons. The van der Waals surface area contributed by atoms with Crippen LogP contribution in [0.4, 0.5) is 5.69 Å². The first-order valence-electron chi connectivity index (χ1n) is 6.83. The molecule has 0 N–H and O–H groups in total. The van der Waals surface area contributed by atoms with Crippen LogP contribution in [0.5, 0.6) is 0 Å². The van der Waals surface area contributed by atoms with Crippen LogP contribution in [0.1, 0.15) is 5.56 Å². The Kier molecular flexibility index (Phi) is 7.51. The van der Waals surface area contributed by atoms with Gasteiger partial charge in [0.05, 0.1) is 0 Å². The molecule has 1 fully saturated rings. The van der Waals surface area contributed by atoms with Crippen LogP contribution in [-0.2, 0) is 6.54 Å². The molecule has 1 saturated heterocycles. The Morgan fingerprint density at radius 3 is 2.05 bits per heavy atom. The van der Waals surface area contributed by atoms with E-state index in [1.807, 2.05) is 12.4 Å². The number of para-hydroxylation sites is 1. The van der Waals surface area contributed by atoms with E-state index in [9.17, 15) is 0 Å². The summed E-state index contributed by atoms with van der Waals surface area (Å²) in [6, 6.07) is 14.9. The molecule has 0 saturated carbocycles. The second kappa shape index (κ2) is 8.88. The summed E-state index contributed by atoms with van der Waals surface area (Å²) in [5.41, 5.74) is 2.69. The Morgan fingerprint density at radius 2 is 1.43 bits per heavy atom. The first-order valence-corrected chi connectivity index (χ1v) is 6.83. The van der Waals surface area contributed by atoms with E-state index in [-0.39, 0.29) is 24.8 Å². The molecule has 0 bridgehead atoms. The fraction of sp³-hybridized carbons (Fsp3) is 0.312. The van der Waals surface area contributed by atoms with E-state index < -0.39 is 0 Å². The largest absolute Gasteiger partial charge is 0.369 e. The standard InChI is InChI=1S/C16H19N3.2ClH/c1-2-4-16(5-3-1)19-12-10-18(11-13-19)14-15-6-8-17-9-7-15;;/h1-9H,10-14H2;2*1H. The highest BCUT2D eigenvalue weighted by atomic mass is 35.5. The molecule has 0 aliphatic carbocycles. The Bertz CT molecular complexity index is 499. The van der Waals surface area contributed by atoms with Gasteiger partial charge in [0.2, 0.25) is 0 Å². The van der Waals surface area contributed by atoms with Gasteiger partial charge in [-0.15, -0.1) is 24.8 Å². The van der Waals surface area contributed by atoms with Crippen LogP contribution in [0, 0.1) is 0 Å². The average molecular weight is 326 g/mol. The van der Waals surface area contributed by atoms with E-state index in [0.717, 1.165) is 32.7 Å². The van der Waals surface area contributed by atoms with E-state index in [2.05, 4.69) is 57.2 Å². The maximum absolute atomic E-state index is 4.06. The summed E-state index contributed by atoms with van der Waals surface area (Å²) in [4.78, 5) is 9.03. The molecule has 1 aliphatic heterocycles. The maximum atomic E-state index is 4.06. The molecule has 2 heterocycles. The third-order valence-corrected chi connectivity index (χ3v) is 3.65. The minimum absolute atomic E-state index is 0. The molecular weight excluding hydrogens is 305 g/mol. The van der Waals surface area contributed by atoms with Crippen molar-refractivity contribution in [2.75, 3.05) is 31.1 Å². The van der Waals surface area contributed by atoms with Crippen molar-refractivity contribution in [3.05, 3.63) is 60.4 Å². The lowest BCUT2D eigenvalue weighted by Crippen LogP contribution is -2.45. The van der Waals surface area contributed by atoms with Crippen molar-refractivity contribution >= 4 is 30.5 Å². The van der Waals surface area contributed by atoms with Crippen LogP contribution in [0.25, 0.3) is 0 Å². The molecule has 1 aromatic carbocycles. The second-order valence-electron chi connectivity index (χ2n) is 4.95. The lowest BCUT2D eigenvalue weighted by atomic mass is 10.2. The molecule has 0 unspecified atom stereocenters. The number of nitrogens with zero attached hydrogens (tertiary/aromatic N) is 3. The Morgan fingerprint density at radius 1 is 0.810 bits per heavy atom. The topological polar surface area (TPSA) is 19.4 Å². The number of benzene rings is 1. The molecule has 3 nitrogen and oxygen atoms in total. The highest BCUT2D eigenvalue weighted by Crippen LogP contribution is 2.16. The van der Waals surface area contributed by atoms with Gasteiger partial charge in [-0.05, 0) is 29.8 Å². The number of pyridine rings is 1. The van der Waals surface area contributed by atoms with Crippen LogP contribution in [0.15, 0.2) is 54.9 Å². The highest BCUT2D eigenvalue weighted by molar-refractivity contribution is 5.85. The first kappa shape index (κ1) is 17.8. The Balaban J connectivity index is 0.00000110. The van der Waals surface area contributed by atoms with Gasteiger partial charge in [0.15, 0.2) is 0 Å². The molecule has 0 spiro atoms. The van der Waals surface area contributed by atoms with Gasteiger partial charge in [0.25, 0.3) is 0 Å². The first-order chi connectivity index (χ1) is 9.42. The number of rotatable bonds is 3. The Labute approximate surface area is 138 Å². The zero-order valence-corrected chi connectivity index (χ0v) is 13.5. The molecule has 1 aromatic heterocycles. The van der Waals surface area contributed by atoms with Crippen molar-refractivity contribution in [3.63, 3.8) is 0 Å². The molecule has 0 amide bonds. The van der Waals surface area contributed by atoms with E-state index in [1.54, 1.807) is 0 Å². The molecule has 21 heavy (non-hydrogen) atoms. The number of piperazine rings is 1. The molecular formula is C16H21Cl2N3. The number of hydrogen-bond donors (Lipinski definition) is 0. The minimum atomic E-state index is 0. The zero-order valence-electron chi connectivity index (χ0n) is 11.9. The zero-order chi connectivity index (χ0) is 12.9. The predicted molar refractivity (Wildman–Crippen MR) is 92.7 cm³/mol. The molecule has 0 radical (unpaired) electrons. The number of halogens is 2. The molecule has 0 atom stereocenters. The van der Waals surface area contributed by atoms with Crippen molar-refractivity contribution in [1.29, 1.82) is 0 Å². The normalized spacial score (nSPS) is 15.0. The van der Waals surface area contributed by atoms with Crippen LogP contribution in [0.3, 0.4) is 0 Å². The fourth-order valence-electron chi connectivity index (χ4n) is 2.55. The third-order valence-electron chi connectivity index (χ3n) is 3.65. The summed E-state index contributed by atoms with van der Waals surface area (Å²) >= 11 is 0. The average Bonchev–Trinajstić information content (AvgIpc) is 2.50. The summed E-state index contributed by atoms with van der Waals surface area (Å²) in [6.45, 7) is 5.49. The van der Waals surface area contributed by atoms with Crippen LogP contribution in [-0.4, -0.2) is 36.1 Å². The summed E-state index contributed by atoms with van der Waals surface area (Å²) in [7, 11) is 0. The quantitative estimate of drug-likeness (QED) is 0.863. The van der Waals surface area contributed by atoms with Crippen LogP contribution in [0.2, 0.25) is 0 Å². The van der Waals surface area contributed by atoms with Gasteiger partial charge in [-0.1, -0.05) is 18.2 Å². The number of anilines is 1. The van der Waals surface area contributed by atoms with Crippen LogP contribution < -0.4 is 4.90 Å². The van der Waals surface area contributed by atoms with Crippen molar-refractivity contribution in [2.24, 2.45) is 0 Å². The Hall–Kier alpha value is -1.29. The van der Waals surface area contributed by atoms with Crippen LogP contribution >= 0.6 is 24.8 Å². The monoisotopic (exact) mass is 325 g/mol. The lowest BCUT2D eigenvalue weighted by molar-refractivity contribution is 0.250. The summed E-state index contributed by atoms with van der Waals surface area (Å²) in [5.74, 6) is 0. The van der Waals surface area contributed by atoms with Crippen molar-refractivity contribution in [3.8, 4) is 0 Å². The number of aromatic nitrogens is 1. The van der Waals surface area contributed by atoms with Gasteiger partial charge < -0.3 is 4.90 Å².